The normalized spacial score (nSPS) is 11.5. The number of methoxy groups -OCH3 is 1. The van der Waals surface area contributed by atoms with Crippen molar-refractivity contribution in [1.29, 1.82) is 5.41 Å². The van der Waals surface area contributed by atoms with Gasteiger partial charge in [0.1, 0.15) is 5.75 Å². The van der Waals surface area contributed by atoms with Crippen molar-refractivity contribution in [3.8, 4) is 5.75 Å². The number of benzene rings is 1. The predicted octanol–water partition coefficient (Wildman–Crippen LogP) is 0.642. The average molecular weight is 271 g/mol. The molecule has 0 spiro atoms. The first-order valence-corrected chi connectivity index (χ1v) is 6.75. The summed E-state index contributed by atoms with van der Waals surface area (Å²) in [6.45, 7) is 0.184. The lowest BCUT2D eigenvalue weighted by molar-refractivity contribution is 0.414. The number of nitrogens with zero attached hydrogens (tertiary/aromatic N) is 1. The van der Waals surface area contributed by atoms with Crippen LogP contribution in [0, 0.1) is 5.41 Å². The molecule has 3 N–H and O–H groups in total. The minimum Gasteiger partial charge on any atom is -0.497 e. The summed E-state index contributed by atoms with van der Waals surface area (Å²) in [4.78, 5) is 0.189. The fraction of sp³-hybridized carbons (Fsp3) is 0.364. The van der Waals surface area contributed by atoms with E-state index in [0.717, 1.165) is 0 Å². The molecule has 0 aliphatic carbocycles. The van der Waals surface area contributed by atoms with Gasteiger partial charge in [-0.25, -0.2) is 12.7 Å². The van der Waals surface area contributed by atoms with E-state index in [-0.39, 0.29) is 23.7 Å². The zero-order valence-corrected chi connectivity index (χ0v) is 11.2. The van der Waals surface area contributed by atoms with E-state index in [4.69, 9.17) is 15.9 Å². The van der Waals surface area contributed by atoms with Crippen LogP contribution in [0.2, 0.25) is 0 Å². The molecule has 0 aliphatic heterocycles. The summed E-state index contributed by atoms with van der Waals surface area (Å²) < 4.78 is 30.4. The van der Waals surface area contributed by atoms with Crippen LogP contribution in [0.1, 0.15) is 6.42 Å². The molecular formula is C11H17N3O3S. The van der Waals surface area contributed by atoms with Gasteiger partial charge in [0.2, 0.25) is 10.0 Å². The van der Waals surface area contributed by atoms with Crippen LogP contribution in [0.25, 0.3) is 0 Å². The van der Waals surface area contributed by atoms with Gasteiger partial charge in [0, 0.05) is 20.0 Å². The fourth-order valence-corrected chi connectivity index (χ4v) is 2.50. The Bertz CT molecular complexity index is 511. The molecule has 18 heavy (non-hydrogen) atoms. The first-order chi connectivity index (χ1) is 8.37. The van der Waals surface area contributed by atoms with Gasteiger partial charge >= 0.3 is 0 Å². The minimum atomic E-state index is -3.53. The van der Waals surface area contributed by atoms with Gasteiger partial charge in [-0.2, -0.15) is 0 Å². The summed E-state index contributed by atoms with van der Waals surface area (Å²) in [5, 5.41) is 7.09. The van der Waals surface area contributed by atoms with E-state index in [1.807, 2.05) is 0 Å². The first-order valence-electron chi connectivity index (χ1n) is 5.31. The van der Waals surface area contributed by atoms with Gasteiger partial charge < -0.3 is 10.5 Å². The van der Waals surface area contributed by atoms with Crippen molar-refractivity contribution in [3.63, 3.8) is 0 Å². The second-order valence-corrected chi connectivity index (χ2v) is 5.82. The van der Waals surface area contributed by atoms with Crippen molar-refractivity contribution in [2.24, 2.45) is 5.73 Å². The third-order valence-electron chi connectivity index (χ3n) is 2.46. The monoisotopic (exact) mass is 271 g/mol. The highest BCUT2D eigenvalue weighted by Crippen LogP contribution is 2.18. The molecule has 7 heteroatoms. The molecular weight excluding hydrogens is 254 g/mol. The molecule has 0 saturated heterocycles. The summed E-state index contributed by atoms with van der Waals surface area (Å²) >= 11 is 0. The zero-order chi connectivity index (χ0) is 13.8. The lowest BCUT2D eigenvalue weighted by atomic mass is 10.3. The summed E-state index contributed by atoms with van der Waals surface area (Å²) in [7, 11) is -0.557. The number of rotatable bonds is 6. The Morgan fingerprint density at radius 1 is 1.39 bits per heavy atom. The number of nitrogens with two attached hydrogens (primary N) is 1. The summed E-state index contributed by atoms with van der Waals surface area (Å²) in [5.41, 5.74) is 5.21. The number of hydrogen-bond donors (Lipinski definition) is 2. The Morgan fingerprint density at radius 3 is 2.39 bits per heavy atom. The minimum absolute atomic E-state index is 0.0354. The molecule has 0 atom stereocenters. The lowest BCUT2D eigenvalue weighted by Crippen LogP contribution is -2.30. The topological polar surface area (TPSA) is 96.5 Å². The zero-order valence-electron chi connectivity index (χ0n) is 10.4. The predicted molar refractivity (Wildman–Crippen MR) is 69.3 cm³/mol. The van der Waals surface area contributed by atoms with Crippen LogP contribution in [0.5, 0.6) is 5.75 Å². The molecule has 0 bridgehead atoms. The summed E-state index contributed by atoms with van der Waals surface area (Å²) in [6, 6.07) is 6.15. The maximum Gasteiger partial charge on any atom is 0.242 e. The van der Waals surface area contributed by atoms with Crippen LogP contribution in [0.3, 0.4) is 0 Å². The summed E-state index contributed by atoms with van der Waals surface area (Å²) in [5.74, 6) is 0.562. The highest BCUT2D eigenvalue weighted by atomic mass is 32.2. The van der Waals surface area contributed by atoms with Crippen molar-refractivity contribution in [1.82, 2.24) is 4.31 Å². The fourth-order valence-electron chi connectivity index (χ4n) is 1.33. The van der Waals surface area contributed by atoms with E-state index < -0.39 is 10.0 Å². The molecule has 0 radical (unpaired) electrons. The highest BCUT2D eigenvalue weighted by Gasteiger charge is 2.20. The number of nitrogens with one attached hydrogen (secondary N) is 1. The van der Waals surface area contributed by atoms with Crippen LogP contribution in [-0.4, -0.2) is 39.3 Å². The van der Waals surface area contributed by atoms with E-state index in [2.05, 4.69) is 0 Å². The smallest absolute Gasteiger partial charge is 0.242 e. The van der Waals surface area contributed by atoms with Gasteiger partial charge in [0.25, 0.3) is 0 Å². The molecule has 0 heterocycles. The molecule has 1 aromatic carbocycles. The maximum absolute atomic E-state index is 12.1. The quantitative estimate of drug-likeness (QED) is 0.586. The third kappa shape index (κ3) is 3.44. The van der Waals surface area contributed by atoms with Crippen molar-refractivity contribution in [3.05, 3.63) is 24.3 Å². The average Bonchev–Trinajstić information content (AvgIpc) is 2.35. The molecule has 0 fully saturated rings. The Kier molecular flexibility index (Phi) is 4.69. The van der Waals surface area contributed by atoms with E-state index in [9.17, 15) is 8.42 Å². The van der Waals surface area contributed by atoms with Gasteiger partial charge in [0.15, 0.2) is 0 Å². The highest BCUT2D eigenvalue weighted by molar-refractivity contribution is 7.89. The second kappa shape index (κ2) is 5.83. The third-order valence-corrected chi connectivity index (χ3v) is 4.33. The van der Waals surface area contributed by atoms with Gasteiger partial charge in [0.05, 0.1) is 17.8 Å². The van der Waals surface area contributed by atoms with Crippen molar-refractivity contribution in [2.75, 3.05) is 20.7 Å². The van der Waals surface area contributed by atoms with Crippen LogP contribution < -0.4 is 10.5 Å². The van der Waals surface area contributed by atoms with Gasteiger partial charge in [-0.15, -0.1) is 0 Å². The Balaban J connectivity index is 2.87. The van der Waals surface area contributed by atoms with Gasteiger partial charge in [-0.05, 0) is 24.3 Å². The van der Waals surface area contributed by atoms with Gasteiger partial charge in [-0.1, -0.05) is 0 Å². The maximum atomic E-state index is 12.1. The second-order valence-electron chi connectivity index (χ2n) is 3.78. The summed E-state index contributed by atoms with van der Waals surface area (Å²) in [6.07, 6.45) is 0.214. The molecule has 1 rings (SSSR count). The van der Waals surface area contributed by atoms with Crippen LogP contribution in [0.15, 0.2) is 29.2 Å². The van der Waals surface area contributed by atoms with E-state index in [1.165, 1.54) is 30.6 Å². The van der Waals surface area contributed by atoms with Crippen LogP contribution in [-0.2, 0) is 10.0 Å². The van der Waals surface area contributed by atoms with Crippen molar-refractivity contribution in [2.45, 2.75) is 11.3 Å². The number of sulfonamides is 1. The van der Waals surface area contributed by atoms with Gasteiger partial charge in [-0.3, -0.25) is 5.41 Å². The molecule has 0 amide bonds. The molecule has 0 aliphatic rings. The molecule has 6 nitrogen and oxygen atoms in total. The largest absolute Gasteiger partial charge is 0.497 e. The van der Waals surface area contributed by atoms with Crippen molar-refractivity contribution < 1.29 is 13.2 Å². The van der Waals surface area contributed by atoms with Crippen LogP contribution >= 0.6 is 0 Å². The van der Waals surface area contributed by atoms with E-state index in [0.29, 0.717) is 5.75 Å². The lowest BCUT2D eigenvalue weighted by Gasteiger charge is -2.16. The standard InChI is InChI=1S/C11H17N3O3S/c1-14(8-7-11(12)13)18(15,16)10-5-3-9(17-2)4-6-10/h3-6H,7-8H2,1-2H3,(H3,12,13). The Hall–Kier alpha value is -1.60. The number of ether oxygens (including phenoxy) is 1. The molecule has 0 saturated carbocycles. The number of amidine groups is 1. The van der Waals surface area contributed by atoms with E-state index >= 15 is 0 Å². The SMILES string of the molecule is COc1ccc(S(=O)(=O)N(C)CCC(=N)N)cc1. The molecule has 1 aromatic rings. The molecule has 0 unspecified atom stereocenters. The molecule has 0 aromatic heterocycles. The van der Waals surface area contributed by atoms with E-state index in [1.54, 1.807) is 12.1 Å². The number of hydrogen-bond acceptors (Lipinski definition) is 4. The Labute approximate surface area is 107 Å². The first kappa shape index (κ1) is 14.5. The molecule has 100 valence electrons. The Morgan fingerprint density at radius 2 is 1.94 bits per heavy atom. The van der Waals surface area contributed by atoms with Crippen molar-refractivity contribution >= 4 is 15.9 Å². The van der Waals surface area contributed by atoms with Crippen LogP contribution in [0.4, 0.5) is 0 Å².